The molecule has 0 spiro atoms. The lowest BCUT2D eigenvalue weighted by Gasteiger charge is -2.23. The highest BCUT2D eigenvalue weighted by atomic mass is 32.2. The molecule has 0 radical (unpaired) electrons. The number of thioether (sulfide) groups is 1. The molecule has 1 aliphatic rings. The van der Waals surface area contributed by atoms with Crippen LogP contribution in [0, 0.1) is 15.9 Å². The van der Waals surface area contributed by atoms with Gasteiger partial charge >= 0.3 is 5.69 Å². The lowest BCUT2D eigenvalue weighted by molar-refractivity contribution is -0.387. The highest BCUT2D eigenvalue weighted by Gasteiger charge is 2.17. The fourth-order valence-electron chi connectivity index (χ4n) is 1.83. The summed E-state index contributed by atoms with van der Waals surface area (Å²) in [6.45, 7) is 0. The van der Waals surface area contributed by atoms with Crippen LogP contribution in [0.1, 0.15) is 12.8 Å². The van der Waals surface area contributed by atoms with Crippen molar-refractivity contribution in [2.45, 2.75) is 18.9 Å². The molecular weight excluding hydrogens is 243 g/mol. The van der Waals surface area contributed by atoms with Crippen LogP contribution in [0.4, 0.5) is 15.8 Å². The molecule has 1 aromatic rings. The predicted octanol–water partition coefficient (Wildman–Crippen LogP) is 3.04. The lowest BCUT2D eigenvalue weighted by Crippen LogP contribution is -2.25. The first-order valence-corrected chi connectivity index (χ1v) is 6.60. The van der Waals surface area contributed by atoms with Crippen molar-refractivity contribution in [3.63, 3.8) is 0 Å². The Hall–Kier alpha value is -1.30. The lowest BCUT2D eigenvalue weighted by atomic mass is 10.1. The normalized spacial score (nSPS) is 19.9. The number of nitrogens with one attached hydrogen (secondary N) is 1. The maximum atomic E-state index is 13.1. The molecule has 1 atom stereocenters. The van der Waals surface area contributed by atoms with Gasteiger partial charge in [0.25, 0.3) is 0 Å². The zero-order valence-electron chi connectivity index (χ0n) is 9.19. The van der Waals surface area contributed by atoms with E-state index in [0.29, 0.717) is 11.7 Å². The number of hydrogen-bond acceptors (Lipinski definition) is 4. The summed E-state index contributed by atoms with van der Waals surface area (Å²) in [5.41, 5.74) is 0.143. The van der Waals surface area contributed by atoms with Crippen LogP contribution in [-0.2, 0) is 0 Å². The van der Waals surface area contributed by atoms with E-state index in [0.717, 1.165) is 24.7 Å². The van der Waals surface area contributed by atoms with Crippen molar-refractivity contribution in [3.05, 3.63) is 34.1 Å². The van der Waals surface area contributed by atoms with Gasteiger partial charge in [0.15, 0.2) is 0 Å². The summed E-state index contributed by atoms with van der Waals surface area (Å²) in [5, 5.41) is 13.8. The quantitative estimate of drug-likeness (QED) is 0.667. The summed E-state index contributed by atoms with van der Waals surface area (Å²) in [6.07, 6.45) is 2.20. The average Bonchev–Trinajstić information content (AvgIpc) is 2.32. The molecule has 92 valence electrons. The molecule has 0 saturated carbocycles. The maximum absolute atomic E-state index is 13.1. The van der Waals surface area contributed by atoms with Crippen molar-refractivity contribution < 1.29 is 9.31 Å². The maximum Gasteiger partial charge on any atom is 0.306 e. The summed E-state index contributed by atoms with van der Waals surface area (Å²) in [7, 11) is 0. The van der Waals surface area contributed by atoms with Gasteiger partial charge in [-0.05, 0) is 30.7 Å². The standard InChI is InChI=1S/C11H13FN2O2S/c12-10-4-3-8(6-11(10)14(15)16)13-9-2-1-5-17-7-9/h3-4,6,9,13H,1-2,5,7H2. The van der Waals surface area contributed by atoms with Crippen molar-refractivity contribution in [3.8, 4) is 0 Å². The summed E-state index contributed by atoms with van der Waals surface area (Å²) in [5.74, 6) is 1.37. The Morgan fingerprint density at radius 2 is 2.35 bits per heavy atom. The topological polar surface area (TPSA) is 55.2 Å². The Bertz CT molecular complexity index is 422. The van der Waals surface area contributed by atoms with Gasteiger partial charge in [-0.25, -0.2) is 0 Å². The van der Waals surface area contributed by atoms with Gasteiger partial charge in [-0.3, -0.25) is 10.1 Å². The van der Waals surface area contributed by atoms with Gasteiger partial charge in [-0.2, -0.15) is 16.2 Å². The zero-order valence-corrected chi connectivity index (χ0v) is 10.0. The smallest absolute Gasteiger partial charge is 0.306 e. The molecule has 1 aliphatic heterocycles. The van der Waals surface area contributed by atoms with Crippen LogP contribution in [-0.4, -0.2) is 22.5 Å². The van der Waals surface area contributed by atoms with Gasteiger partial charge in [0.05, 0.1) is 4.92 Å². The van der Waals surface area contributed by atoms with Gasteiger partial charge in [0, 0.05) is 23.5 Å². The fourth-order valence-corrected chi connectivity index (χ4v) is 2.90. The van der Waals surface area contributed by atoms with Gasteiger partial charge < -0.3 is 5.32 Å². The minimum absolute atomic E-state index is 0.318. The molecule has 0 amide bonds. The number of nitrogens with zero attached hydrogens (tertiary/aromatic N) is 1. The SMILES string of the molecule is O=[N+]([O-])c1cc(NC2CCCSC2)ccc1F. The minimum Gasteiger partial charge on any atom is -0.381 e. The van der Waals surface area contributed by atoms with Gasteiger partial charge in [0.1, 0.15) is 0 Å². The van der Waals surface area contributed by atoms with E-state index >= 15 is 0 Å². The number of nitro benzene ring substituents is 1. The number of halogens is 1. The highest BCUT2D eigenvalue weighted by Crippen LogP contribution is 2.25. The molecule has 1 saturated heterocycles. The Balaban J connectivity index is 2.10. The highest BCUT2D eigenvalue weighted by molar-refractivity contribution is 7.99. The third-order valence-corrected chi connectivity index (χ3v) is 3.89. The van der Waals surface area contributed by atoms with Gasteiger partial charge in [-0.15, -0.1) is 0 Å². The molecule has 1 aromatic carbocycles. The van der Waals surface area contributed by atoms with E-state index < -0.39 is 16.4 Å². The number of benzene rings is 1. The van der Waals surface area contributed by atoms with Crippen LogP contribution in [0.5, 0.6) is 0 Å². The predicted molar refractivity (Wildman–Crippen MR) is 67.0 cm³/mol. The Morgan fingerprint density at radius 3 is 3.00 bits per heavy atom. The fraction of sp³-hybridized carbons (Fsp3) is 0.455. The average molecular weight is 256 g/mol. The molecule has 2 rings (SSSR count). The first-order valence-electron chi connectivity index (χ1n) is 5.45. The molecule has 6 heteroatoms. The van der Waals surface area contributed by atoms with E-state index in [1.54, 1.807) is 6.07 Å². The Morgan fingerprint density at radius 1 is 1.53 bits per heavy atom. The first kappa shape index (κ1) is 12.2. The Kier molecular flexibility index (Phi) is 3.83. The van der Waals surface area contributed by atoms with E-state index in [2.05, 4.69) is 5.32 Å². The van der Waals surface area contributed by atoms with Crippen LogP contribution >= 0.6 is 11.8 Å². The number of hydrogen-bond donors (Lipinski definition) is 1. The van der Waals surface area contributed by atoms with Gasteiger partial charge in [0.2, 0.25) is 5.82 Å². The Labute approximate surface area is 103 Å². The van der Waals surface area contributed by atoms with Crippen LogP contribution in [0.3, 0.4) is 0 Å². The summed E-state index contributed by atoms with van der Waals surface area (Å²) < 4.78 is 13.1. The molecule has 1 N–H and O–H groups in total. The summed E-state index contributed by atoms with van der Waals surface area (Å²) in [6, 6.07) is 4.26. The van der Waals surface area contributed by atoms with Crippen molar-refractivity contribution in [1.29, 1.82) is 0 Å². The number of nitro groups is 1. The molecular formula is C11H13FN2O2S. The molecule has 0 aliphatic carbocycles. The molecule has 0 bridgehead atoms. The second kappa shape index (κ2) is 5.35. The van der Waals surface area contributed by atoms with Crippen LogP contribution < -0.4 is 5.32 Å². The van der Waals surface area contributed by atoms with Crippen LogP contribution in [0.15, 0.2) is 18.2 Å². The first-order chi connectivity index (χ1) is 8.16. The molecule has 17 heavy (non-hydrogen) atoms. The summed E-state index contributed by atoms with van der Waals surface area (Å²) >= 11 is 1.87. The van der Waals surface area contributed by atoms with Crippen LogP contribution in [0.2, 0.25) is 0 Å². The monoisotopic (exact) mass is 256 g/mol. The van der Waals surface area contributed by atoms with E-state index in [1.165, 1.54) is 11.8 Å². The molecule has 0 aromatic heterocycles. The van der Waals surface area contributed by atoms with E-state index in [1.807, 2.05) is 11.8 Å². The molecule has 4 nitrogen and oxygen atoms in total. The van der Waals surface area contributed by atoms with Crippen molar-refractivity contribution >= 4 is 23.1 Å². The van der Waals surface area contributed by atoms with Crippen molar-refractivity contribution in [2.75, 3.05) is 16.8 Å². The summed E-state index contributed by atoms with van der Waals surface area (Å²) in [4.78, 5) is 9.90. The molecule has 1 heterocycles. The number of anilines is 1. The second-order valence-electron chi connectivity index (χ2n) is 3.98. The third kappa shape index (κ3) is 3.09. The van der Waals surface area contributed by atoms with E-state index in [-0.39, 0.29) is 0 Å². The van der Waals surface area contributed by atoms with E-state index in [4.69, 9.17) is 0 Å². The van der Waals surface area contributed by atoms with Gasteiger partial charge in [-0.1, -0.05) is 0 Å². The molecule has 1 fully saturated rings. The zero-order chi connectivity index (χ0) is 12.3. The third-order valence-electron chi connectivity index (χ3n) is 2.67. The molecule has 1 unspecified atom stereocenters. The van der Waals surface area contributed by atoms with Crippen molar-refractivity contribution in [1.82, 2.24) is 0 Å². The van der Waals surface area contributed by atoms with E-state index in [9.17, 15) is 14.5 Å². The second-order valence-corrected chi connectivity index (χ2v) is 5.13. The number of rotatable bonds is 3. The van der Waals surface area contributed by atoms with Crippen LogP contribution in [0.25, 0.3) is 0 Å². The largest absolute Gasteiger partial charge is 0.381 e. The van der Waals surface area contributed by atoms with Crippen molar-refractivity contribution in [2.24, 2.45) is 0 Å². The minimum atomic E-state index is -0.793.